The number of carbonyl (C=O) groups excluding carboxylic acids is 2. The molecule has 9 heteroatoms. The van der Waals surface area contributed by atoms with E-state index in [1.54, 1.807) is 0 Å². The number of ether oxygens (including phenoxy) is 2. The largest absolute Gasteiger partial charge is 0.490 e. The Kier molecular flexibility index (Phi) is 9.65. The fraction of sp³-hybridized carbons (Fsp3) is 0.417. The van der Waals surface area contributed by atoms with E-state index in [1.165, 1.54) is 30.2 Å². The summed E-state index contributed by atoms with van der Waals surface area (Å²) in [7, 11) is 1.32. The molecule has 33 heavy (non-hydrogen) atoms. The van der Waals surface area contributed by atoms with Gasteiger partial charge in [-0.2, -0.15) is 0 Å². The quantitative estimate of drug-likeness (QED) is 0.385. The van der Waals surface area contributed by atoms with Crippen molar-refractivity contribution in [1.82, 2.24) is 10.2 Å². The van der Waals surface area contributed by atoms with Gasteiger partial charge in [0.25, 0.3) is 5.91 Å². The Hall–Kier alpha value is -3.62. The van der Waals surface area contributed by atoms with Crippen LogP contribution < -0.4 is 14.8 Å². The van der Waals surface area contributed by atoms with Gasteiger partial charge in [-0.3, -0.25) is 19.7 Å². The van der Waals surface area contributed by atoms with Gasteiger partial charge in [0.15, 0.2) is 6.61 Å². The Morgan fingerprint density at radius 3 is 2.42 bits per heavy atom. The SMILES string of the molecule is CC[C@H](C(=O)NCC(C)C)N(Cc1ccccc1)C(=O)COc1ccc([N+](=O)[O-])c(OC)c1. The van der Waals surface area contributed by atoms with Crippen LogP contribution in [-0.2, 0) is 16.1 Å². The van der Waals surface area contributed by atoms with Crippen LogP contribution in [0.15, 0.2) is 48.5 Å². The van der Waals surface area contributed by atoms with Crippen LogP contribution in [0.2, 0.25) is 0 Å². The molecule has 0 fully saturated rings. The monoisotopic (exact) mass is 457 g/mol. The molecule has 0 saturated heterocycles. The summed E-state index contributed by atoms with van der Waals surface area (Å²) in [5.74, 6) is -0.0197. The third-order valence-electron chi connectivity index (χ3n) is 4.98. The smallest absolute Gasteiger partial charge is 0.311 e. The Bertz CT molecular complexity index is 948. The average Bonchev–Trinajstić information content (AvgIpc) is 2.81. The van der Waals surface area contributed by atoms with E-state index in [4.69, 9.17) is 9.47 Å². The predicted octanol–water partition coefficient (Wildman–Crippen LogP) is 3.56. The Labute approximate surface area is 193 Å². The average molecular weight is 458 g/mol. The minimum atomic E-state index is -0.661. The molecule has 178 valence electrons. The standard InChI is InChI=1S/C24H31N3O6/c1-5-20(24(29)25-14-17(2)3)26(15-18-9-7-6-8-10-18)23(28)16-33-19-11-12-21(27(30)31)22(13-19)32-4/h6-13,17,20H,5,14-16H2,1-4H3,(H,25,29)/t20-/m1/s1. The zero-order valence-electron chi connectivity index (χ0n) is 19.4. The third-order valence-corrected chi connectivity index (χ3v) is 4.98. The number of hydrogen-bond donors (Lipinski definition) is 1. The van der Waals surface area contributed by atoms with E-state index >= 15 is 0 Å². The zero-order chi connectivity index (χ0) is 24.4. The van der Waals surface area contributed by atoms with Crippen molar-refractivity contribution in [2.45, 2.75) is 39.8 Å². The van der Waals surface area contributed by atoms with Crippen LogP contribution in [0, 0.1) is 16.0 Å². The molecule has 0 aliphatic rings. The van der Waals surface area contributed by atoms with Gasteiger partial charge in [-0.15, -0.1) is 0 Å². The molecule has 0 aromatic heterocycles. The molecular weight excluding hydrogens is 426 g/mol. The maximum atomic E-state index is 13.2. The van der Waals surface area contributed by atoms with Crippen LogP contribution in [0.25, 0.3) is 0 Å². The minimum absolute atomic E-state index is 0.0330. The molecule has 1 N–H and O–H groups in total. The second-order valence-electron chi connectivity index (χ2n) is 7.95. The topological polar surface area (TPSA) is 111 Å². The van der Waals surface area contributed by atoms with Crippen molar-refractivity contribution in [2.24, 2.45) is 5.92 Å². The van der Waals surface area contributed by atoms with Crippen molar-refractivity contribution in [3.63, 3.8) is 0 Å². The highest BCUT2D eigenvalue weighted by atomic mass is 16.6. The van der Waals surface area contributed by atoms with Gasteiger partial charge in [0.1, 0.15) is 11.8 Å². The number of nitro benzene ring substituents is 1. The first kappa shape index (κ1) is 25.6. The van der Waals surface area contributed by atoms with E-state index in [0.717, 1.165) is 5.56 Å². The van der Waals surface area contributed by atoms with E-state index in [-0.39, 0.29) is 48.1 Å². The highest BCUT2D eigenvalue weighted by Gasteiger charge is 2.29. The number of benzene rings is 2. The van der Waals surface area contributed by atoms with Gasteiger partial charge in [0.05, 0.1) is 12.0 Å². The molecule has 0 spiro atoms. The third kappa shape index (κ3) is 7.48. The van der Waals surface area contributed by atoms with Crippen molar-refractivity contribution >= 4 is 17.5 Å². The van der Waals surface area contributed by atoms with Crippen LogP contribution in [0.4, 0.5) is 5.69 Å². The Morgan fingerprint density at radius 1 is 1.15 bits per heavy atom. The van der Waals surface area contributed by atoms with Crippen molar-refractivity contribution < 1.29 is 24.0 Å². The van der Waals surface area contributed by atoms with Gasteiger partial charge in [0, 0.05) is 25.2 Å². The van der Waals surface area contributed by atoms with Crippen LogP contribution in [0.5, 0.6) is 11.5 Å². The van der Waals surface area contributed by atoms with Crippen molar-refractivity contribution in [3.05, 3.63) is 64.2 Å². The molecule has 0 bridgehead atoms. The normalized spacial score (nSPS) is 11.5. The maximum absolute atomic E-state index is 13.2. The first-order valence-corrected chi connectivity index (χ1v) is 10.8. The molecule has 2 aromatic carbocycles. The lowest BCUT2D eigenvalue weighted by Crippen LogP contribution is -2.50. The molecule has 0 aliphatic heterocycles. The van der Waals surface area contributed by atoms with Gasteiger partial charge < -0.3 is 19.7 Å². The van der Waals surface area contributed by atoms with Crippen molar-refractivity contribution in [3.8, 4) is 11.5 Å². The van der Waals surface area contributed by atoms with E-state index in [9.17, 15) is 19.7 Å². The number of methoxy groups -OCH3 is 1. The number of nitrogens with zero attached hydrogens (tertiary/aromatic N) is 2. The summed E-state index contributed by atoms with van der Waals surface area (Å²) in [6.07, 6.45) is 0.438. The van der Waals surface area contributed by atoms with E-state index in [1.807, 2.05) is 51.1 Å². The van der Waals surface area contributed by atoms with Crippen LogP contribution in [-0.4, -0.2) is 47.9 Å². The van der Waals surface area contributed by atoms with Crippen LogP contribution in [0.3, 0.4) is 0 Å². The van der Waals surface area contributed by atoms with Crippen molar-refractivity contribution in [2.75, 3.05) is 20.3 Å². The van der Waals surface area contributed by atoms with Gasteiger partial charge >= 0.3 is 5.69 Å². The Morgan fingerprint density at radius 2 is 1.85 bits per heavy atom. The number of hydrogen-bond acceptors (Lipinski definition) is 6. The lowest BCUT2D eigenvalue weighted by atomic mass is 10.1. The summed E-state index contributed by atoms with van der Waals surface area (Å²) in [5, 5.41) is 14.0. The van der Waals surface area contributed by atoms with Gasteiger partial charge in [-0.05, 0) is 24.0 Å². The fourth-order valence-electron chi connectivity index (χ4n) is 3.25. The zero-order valence-corrected chi connectivity index (χ0v) is 19.4. The molecule has 0 heterocycles. The van der Waals surface area contributed by atoms with Gasteiger partial charge in [0.2, 0.25) is 11.7 Å². The fourth-order valence-corrected chi connectivity index (χ4v) is 3.25. The molecule has 0 unspecified atom stereocenters. The molecule has 0 radical (unpaired) electrons. The number of nitrogens with one attached hydrogen (secondary N) is 1. The second kappa shape index (κ2) is 12.4. The second-order valence-corrected chi connectivity index (χ2v) is 7.95. The maximum Gasteiger partial charge on any atom is 0.311 e. The number of amides is 2. The lowest BCUT2D eigenvalue weighted by molar-refractivity contribution is -0.385. The lowest BCUT2D eigenvalue weighted by Gasteiger charge is -2.30. The van der Waals surface area contributed by atoms with Crippen molar-refractivity contribution in [1.29, 1.82) is 0 Å². The molecule has 2 aromatic rings. The summed E-state index contributed by atoms with van der Waals surface area (Å²) < 4.78 is 10.7. The van der Waals surface area contributed by atoms with Gasteiger partial charge in [-0.25, -0.2) is 0 Å². The van der Waals surface area contributed by atoms with Crippen LogP contribution >= 0.6 is 0 Å². The van der Waals surface area contributed by atoms with Crippen LogP contribution in [0.1, 0.15) is 32.8 Å². The van der Waals surface area contributed by atoms with E-state index < -0.39 is 11.0 Å². The molecule has 2 rings (SSSR count). The first-order valence-electron chi connectivity index (χ1n) is 10.8. The summed E-state index contributed by atoms with van der Waals surface area (Å²) >= 11 is 0. The minimum Gasteiger partial charge on any atom is -0.490 e. The highest BCUT2D eigenvalue weighted by molar-refractivity contribution is 5.88. The molecule has 2 amide bonds. The highest BCUT2D eigenvalue weighted by Crippen LogP contribution is 2.30. The summed E-state index contributed by atoms with van der Waals surface area (Å²) in [4.78, 5) is 38.0. The Balaban J connectivity index is 2.20. The summed E-state index contributed by atoms with van der Waals surface area (Å²) in [6.45, 7) is 6.29. The number of nitro groups is 1. The first-order chi connectivity index (χ1) is 15.8. The summed E-state index contributed by atoms with van der Waals surface area (Å²) in [6, 6.07) is 12.8. The van der Waals surface area contributed by atoms with Gasteiger partial charge in [-0.1, -0.05) is 51.1 Å². The number of rotatable bonds is 12. The molecule has 0 saturated carbocycles. The molecular formula is C24H31N3O6. The number of carbonyl (C=O) groups is 2. The summed E-state index contributed by atoms with van der Waals surface area (Å²) in [5.41, 5.74) is 0.688. The molecule has 0 aliphatic carbocycles. The molecule has 9 nitrogen and oxygen atoms in total. The van der Waals surface area contributed by atoms with E-state index in [2.05, 4.69) is 5.32 Å². The molecule has 1 atom stereocenters. The van der Waals surface area contributed by atoms with E-state index in [0.29, 0.717) is 13.0 Å². The predicted molar refractivity (Wildman–Crippen MR) is 124 cm³/mol.